The van der Waals surface area contributed by atoms with Crippen LogP contribution in [0.2, 0.25) is 0 Å². The molecule has 0 fully saturated rings. The molecule has 0 aliphatic heterocycles. The van der Waals surface area contributed by atoms with Crippen molar-refractivity contribution in [3.05, 3.63) is 34.3 Å². The highest BCUT2D eigenvalue weighted by Gasteiger charge is 2.13. The van der Waals surface area contributed by atoms with Gasteiger partial charge in [-0.2, -0.15) is 0 Å². The number of hydrogen-bond acceptors (Lipinski definition) is 3. The molecular weight excluding hydrogens is 282 g/mol. The minimum Gasteiger partial charge on any atom is -0.385 e. The molecule has 0 aromatic heterocycles. The van der Waals surface area contributed by atoms with Gasteiger partial charge in [0, 0.05) is 31.3 Å². The molecule has 0 spiro atoms. The SMILES string of the molecule is CNCC(OCCCOC)c1ccccc1Br. The van der Waals surface area contributed by atoms with E-state index in [1.807, 2.05) is 25.2 Å². The molecule has 0 saturated heterocycles. The first kappa shape index (κ1) is 14.6. The van der Waals surface area contributed by atoms with Crippen molar-refractivity contribution in [1.82, 2.24) is 5.32 Å². The average Bonchev–Trinajstić information content (AvgIpc) is 2.34. The summed E-state index contributed by atoms with van der Waals surface area (Å²) in [7, 11) is 3.64. The summed E-state index contributed by atoms with van der Waals surface area (Å²) in [6.07, 6.45) is 0.994. The van der Waals surface area contributed by atoms with Gasteiger partial charge in [0.25, 0.3) is 0 Å². The third-order valence-electron chi connectivity index (χ3n) is 2.45. The van der Waals surface area contributed by atoms with Gasteiger partial charge >= 0.3 is 0 Å². The van der Waals surface area contributed by atoms with Gasteiger partial charge in [-0.25, -0.2) is 0 Å². The molecule has 0 radical (unpaired) electrons. The molecule has 0 aliphatic carbocycles. The van der Waals surface area contributed by atoms with E-state index in [9.17, 15) is 0 Å². The normalized spacial score (nSPS) is 12.6. The zero-order valence-electron chi connectivity index (χ0n) is 10.4. The van der Waals surface area contributed by atoms with Gasteiger partial charge in [0.15, 0.2) is 0 Å². The third kappa shape index (κ3) is 5.17. The van der Waals surface area contributed by atoms with Crippen LogP contribution in [0.1, 0.15) is 18.1 Å². The molecule has 0 bridgehead atoms. The van der Waals surface area contributed by atoms with E-state index in [0.717, 1.165) is 24.0 Å². The Kier molecular flexibility index (Phi) is 7.44. The largest absolute Gasteiger partial charge is 0.385 e. The number of benzene rings is 1. The fraction of sp³-hybridized carbons (Fsp3) is 0.538. The number of halogens is 1. The van der Waals surface area contributed by atoms with Crippen molar-refractivity contribution >= 4 is 15.9 Å². The van der Waals surface area contributed by atoms with Crippen LogP contribution >= 0.6 is 15.9 Å². The number of rotatable bonds is 8. The Bertz CT molecular complexity index is 320. The van der Waals surface area contributed by atoms with E-state index < -0.39 is 0 Å². The van der Waals surface area contributed by atoms with Crippen LogP contribution in [0, 0.1) is 0 Å². The number of nitrogens with one attached hydrogen (secondary N) is 1. The van der Waals surface area contributed by atoms with Crippen molar-refractivity contribution in [1.29, 1.82) is 0 Å². The zero-order chi connectivity index (χ0) is 12.5. The van der Waals surface area contributed by atoms with Gasteiger partial charge in [-0.05, 0) is 25.1 Å². The second-order valence-corrected chi connectivity index (χ2v) is 4.64. The number of hydrogen-bond donors (Lipinski definition) is 1. The Morgan fingerprint density at radius 1 is 1.29 bits per heavy atom. The van der Waals surface area contributed by atoms with E-state index in [1.54, 1.807) is 7.11 Å². The van der Waals surface area contributed by atoms with Crippen LogP contribution in [0.5, 0.6) is 0 Å². The van der Waals surface area contributed by atoms with Gasteiger partial charge in [0.1, 0.15) is 0 Å². The third-order valence-corrected chi connectivity index (χ3v) is 3.18. The molecule has 0 aliphatic rings. The predicted octanol–water partition coefficient (Wildman–Crippen LogP) is 2.76. The molecule has 4 heteroatoms. The molecule has 1 unspecified atom stereocenters. The van der Waals surface area contributed by atoms with E-state index in [2.05, 4.69) is 27.3 Å². The minimum atomic E-state index is 0.0763. The topological polar surface area (TPSA) is 30.5 Å². The van der Waals surface area contributed by atoms with E-state index in [0.29, 0.717) is 6.61 Å². The molecule has 17 heavy (non-hydrogen) atoms. The van der Waals surface area contributed by atoms with Gasteiger partial charge in [-0.3, -0.25) is 0 Å². The molecule has 1 aromatic carbocycles. The highest BCUT2D eigenvalue weighted by Crippen LogP contribution is 2.25. The van der Waals surface area contributed by atoms with Crippen molar-refractivity contribution in [3.63, 3.8) is 0 Å². The summed E-state index contributed by atoms with van der Waals surface area (Å²) in [5.74, 6) is 0. The lowest BCUT2D eigenvalue weighted by molar-refractivity contribution is 0.0395. The molecule has 1 rings (SSSR count). The first-order valence-electron chi connectivity index (χ1n) is 5.79. The van der Waals surface area contributed by atoms with Crippen LogP contribution in [0.15, 0.2) is 28.7 Å². The highest BCUT2D eigenvalue weighted by atomic mass is 79.9. The monoisotopic (exact) mass is 301 g/mol. The van der Waals surface area contributed by atoms with Gasteiger partial charge in [0.2, 0.25) is 0 Å². The summed E-state index contributed by atoms with van der Waals surface area (Å²) in [6.45, 7) is 2.25. The number of likely N-dealkylation sites (N-methyl/N-ethyl adjacent to an activating group) is 1. The lowest BCUT2D eigenvalue weighted by atomic mass is 10.1. The van der Waals surface area contributed by atoms with Gasteiger partial charge in [-0.1, -0.05) is 34.1 Å². The van der Waals surface area contributed by atoms with E-state index in [1.165, 1.54) is 5.56 Å². The summed E-state index contributed by atoms with van der Waals surface area (Å²) >= 11 is 3.56. The quantitative estimate of drug-likeness (QED) is 0.749. The average molecular weight is 302 g/mol. The zero-order valence-corrected chi connectivity index (χ0v) is 12.0. The smallest absolute Gasteiger partial charge is 0.0959 e. The van der Waals surface area contributed by atoms with Crippen LogP contribution in [-0.4, -0.2) is 33.9 Å². The molecule has 0 amide bonds. The lowest BCUT2D eigenvalue weighted by Crippen LogP contribution is -2.20. The van der Waals surface area contributed by atoms with E-state index in [-0.39, 0.29) is 6.10 Å². The highest BCUT2D eigenvalue weighted by molar-refractivity contribution is 9.10. The molecule has 0 heterocycles. The lowest BCUT2D eigenvalue weighted by Gasteiger charge is -2.19. The van der Waals surface area contributed by atoms with Crippen molar-refractivity contribution in [2.75, 3.05) is 33.9 Å². The van der Waals surface area contributed by atoms with Crippen molar-refractivity contribution in [2.24, 2.45) is 0 Å². The van der Waals surface area contributed by atoms with Crippen LogP contribution in [0.25, 0.3) is 0 Å². The number of ether oxygens (including phenoxy) is 2. The second kappa shape index (κ2) is 8.64. The summed E-state index contributed by atoms with van der Waals surface area (Å²) in [5, 5.41) is 3.16. The molecule has 3 nitrogen and oxygen atoms in total. The van der Waals surface area contributed by atoms with Crippen LogP contribution in [0.4, 0.5) is 0 Å². The standard InChI is InChI=1S/C13H20BrNO2/c1-15-10-13(17-9-5-8-16-2)11-6-3-4-7-12(11)14/h3-4,6-7,13,15H,5,8-10H2,1-2H3. The summed E-state index contributed by atoms with van der Waals surface area (Å²) < 4.78 is 12.0. The van der Waals surface area contributed by atoms with E-state index in [4.69, 9.17) is 9.47 Å². The predicted molar refractivity (Wildman–Crippen MR) is 73.3 cm³/mol. The maximum absolute atomic E-state index is 5.88. The molecular formula is C13H20BrNO2. The number of methoxy groups -OCH3 is 1. The Hall–Kier alpha value is -0.420. The first-order chi connectivity index (χ1) is 8.29. The maximum atomic E-state index is 5.88. The summed E-state index contributed by atoms with van der Waals surface area (Å²) in [4.78, 5) is 0. The summed E-state index contributed by atoms with van der Waals surface area (Å²) in [5.41, 5.74) is 1.18. The molecule has 96 valence electrons. The van der Waals surface area contributed by atoms with Crippen molar-refractivity contribution in [2.45, 2.75) is 12.5 Å². The Morgan fingerprint density at radius 2 is 2.06 bits per heavy atom. The Balaban J connectivity index is 2.56. The van der Waals surface area contributed by atoms with Crippen molar-refractivity contribution < 1.29 is 9.47 Å². The first-order valence-corrected chi connectivity index (χ1v) is 6.58. The fourth-order valence-electron chi connectivity index (χ4n) is 1.61. The Labute approximate surface area is 112 Å². The van der Waals surface area contributed by atoms with Crippen LogP contribution in [-0.2, 0) is 9.47 Å². The second-order valence-electron chi connectivity index (χ2n) is 3.78. The molecule has 1 N–H and O–H groups in total. The maximum Gasteiger partial charge on any atom is 0.0959 e. The summed E-state index contributed by atoms with van der Waals surface area (Å²) in [6, 6.07) is 8.16. The molecule has 1 aromatic rings. The van der Waals surface area contributed by atoms with Gasteiger partial charge in [-0.15, -0.1) is 0 Å². The minimum absolute atomic E-state index is 0.0763. The van der Waals surface area contributed by atoms with E-state index >= 15 is 0 Å². The Morgan fingerprint density at radius 3 is 2.71 bits per heavy atom. The molecule has 0 saturated carbocycles. The van der Waals surface area contributed by atoms with Crippen molar-refractivity contribution in [3.8, 4) is 0 Å². The van der Waals surface area contributed by atoms with Gasteiger partial charge in [0.05, 0.1) is 6.10 Å². The van der Waals surface area contributed by atoms with Crippen LogP contribution in [0.3, 0.4) is 0 Å². The van der Waals surface area contributed by atoms with Crippen LogP contribution < -0.4 is 5.32 Å². The van der Waals surface area contributed by atoms with Gasteiger partial charge < -0.3 is 14.8 Å². The fourth-order valence-corrected chi connectivity index (χ4v) is 2.15. The molecule has 1 atom stereocenters.